The smallest absolute Gasteiger partial charge is 0.273 e. The number of halogens is 2. The van der Waals surface area contributed by atoms with Gasteiger partial charge in [0.05, 0.1) is 38.1 Å². The van der Waals surface area contributed by atoms with Gasteiger partial charge in [-0.3, -0.25) is 4.79 Å². The van der Waals surface area contributed by atoms with Crippen molar-refractivity contribution in [1.82, 2.24) is 14.9 Å². The van der Waals surface area contributed by atoms with Crippen LogP contribution in [0.1, 0.15) is 21.6 Å². The van der Waals surface area contributed by atoms with E-state index in [9.17, 15) is 9.18 Å². The summed E-state index contributed by atoms with van der Waals surface area (Å²) in [5, 5.41) is 0.756. The first-order chi connectivity index (χ1) is 14.5. The number of hydrogen-bond donors (Lipinski definition) is 1. The lowest BCUT2D eigenvalue weighted by Crippen LogP contribution is -2.51. The highest BCUT2D eigenvalue weighted by Crippen LogP contribution is 2.31. The highest BCUT2D eigenvalue weighted by atomic mass is 79.9. The van der Waals surface area contributed by atoms with Crippen molar-refractivity contribution < 1.29 is 18.7 Å². The molecule has 156 valence electrons. The molecule has 0 bridgehead atoms. The number of aliphatic imine (C=N–C) groups is 1. The maximum Gasteiger partial charge on any atom is 0.273 e. The molecule has 0 unspecified atom stereocenters. The molecule has 0 aliphatic carbocycles. The largest absolute Gasteiger partial charge is 0.383 e. The molecule has 0 spiro atoms. The number of fused-ring (bicyclic) bond motifs is 3. The average Bonchev–Trinajstić information content (AvgIpc) is 3.27. The van der Waals surface area contributed by atoms with Crippen LogP contribution in [0.5, 0.6) is 0 Å². The van der Waals surface area contributed by atoms with E-state index >= 15 is 0 Å². The van der Waals surface area contributed by atoms with Gasteiger partial charge in [-0.2, -0.15) is 4.39 Å². The number of anilines is 1. The maximum atomic E-state index is 14.7. The highest BCUT2D eigenvalue weighted by molar-refractivity contribution is 9.11. The van der Waals surface area contributed by atoms with Crippen LogP contribution in [-0.2, 0) is 22.7 Å². The van der Waals surface area contributed by atoms with Crippen molar-refractivity contribution in [2.75, 3.05) is 25.5 Å². The van der Waals surface area contributed by atoms with Crippen molar-refractivity contribution in [3.8, 4) is 0 Å². The Balaban J connectivity index is 1.68. The molecule has 8 nitrogen and oxygen atoms in total. The summed E-state index contributed by atoms with van der Waals surface area (Å²) < 4.78 is 26.1. The summed E-state index contributed by atoms with van der Waals surface area (Å²) in [6.07, 6.45) is 4.27. The number of allylic oxidation sites excluding steroid dienone is 2. The summed E-state index contributed by atoms with van der Waals surface area (Å²) >= 11 is 3.19. The van der Waals surface area contributed by atoms with Gasteiger partial charge in [0.1, 0.15) is 17.6 Å². The third kappa shape index (κ3) is 3.85. The number of pyridine rings is 2. The van der Waals surface area contributed by atoms with E-state index in [4.69, 9.17) is 15.2 Å². The molecule has 0 radical (unpaired) electrons. The lowest BCUT2D eigenvalue weighted by molar-refractivity contribution is 0.0136. The van der Waals surface area contributed by atoms with E-state index in [2.05, 4.69) is 37.5 Å². The Morgan fingerprint density at radius 3 is 3.00 bits per heavy atom. The summed E-state index contributed by atoms with van der Waals surface area (Å²) in [7, 11) is 0. The zero-order chi connectivity index (χ0) is 21.3. The summed E-state index contributed by atoms with van der Waals surface area (Å²) in [4.78, 5) is 26.9. The van der Waals surface area contributed by atoms with Crippen LogP contribution in [0.2, 0.25) is 0 Å². The number of ether oxygens (including phenoxy) is 2. The van der Waals surface area contributed by atoms with Gasteiger partial charge in [0.2, 0.25) is 5.97 Å². The SMILES string of the molecule is C=C/C(Br)=C\N=C(/F)[C@H]1COCCN1C(=O)c1cc2c3c(c(N)nc2cn1)COC3. The number of rotatable bonds is 4. The maximum absolute atomic E-state index is 14.7. The number of carbonyl (C=O) groups excluding carboxylic acids is 1. The Labute approximate surface area is 180 Å². The molecule has 1 amide bonds. The Kier molecular flexibility index (Phi) is 5.89. The van der Waals surface area contributed by atoms with Crippen molar-refractivity contribution in [1.29, 1.82) is 0 Å². The third-order valence-corrected chi connectivity index (χ3v) is 5.53. The first kappa shape index (κ1) is 20.6. The number of carbonyl (C=O) groups is 1. The minimum Gasteiger partial charge on any atom is -0.383 e. The van der Waals surface area contributed by atoms with Crippen molar-refractivity contribution in [2.45, 2.75) is 19.3 Å². The van der Waals surface area contributed by atoms with Gasteiger partial charge in [-0.25, -0.2) is 15.0 Å². The quantitative estimate of drug-likeness (QED) is 0.538. The molecule has 2 N–H and O–H groups in total. The highest BCUT2D eigenvalue weighted by Gasteiger charge is 2.33. The molecule has 4 heterocycles. The first-order valence-electron chi connectivity index (χ1n) is 9.24. The van der Waals surface area contributed by atoms with Crippen molar-refractivity contribution >= 4 is 44.5 Å². The van der Waals surface area contributed by atoms with E-state index in [1.54, 1.807) is 6.07 Å². The molecule has 2 aliphatic rings. The Morgan fingerprint density at radius 2 is 2.20 bits per heavy atom. The monoisotopic (exact) mass is 475 g/mol. The van der Waals surface area contributed by atoms with Crippen LogP contribution in [0.4, 0.5) is 10.2 Å². The summed E-state index contributed by atoms with van der Waals surface area (Å²) in [5.74, 6) is -0.737. The molecular formula is C20H19BrFN5O3. The third-order valence-electron chi connectivity index (χ3n) is 5.00. The predicted molar refractivity (Wildman–Crippen MR) is 114 cm³/mol. The van der Waals surface area contributed by atoms with Crippen LogP contribution < -0.4 is 5.73 Å². The first-order valence-corrected chi connectivity index (χ1v) is 10.0. The van der Waals surface area contributed by atoms with Gasteiger partial charge in [-0.1, -0.05) is 12.7 Å². The van der Waals surface area contributed by atoms with E-state index in [1.807, 2.05) is 0 Å². The van der Waals surface area contributed by atoms with Gasteiger partial charge in [0.25, 0.3) is 5.91 Å². The molecule has 2 aromatic heterocycles. The van der Waals surface area contributed by atoms with E-state index in [-0.39, 0.29) is 18.8 Å². The molecule has 4 rings (SSSR count). The number of nitrogens with two attached hydrogens (primary N) is 1. The van der Waals surface area contributed by atoms with Crippen LogP contribution in [0.3, 0.4) is 0 Å². The molecule has 30 heavy (non-hydrogen) atoms. The summed E-state index contributed by atoms with van der Waals surface area (Å²) in [6, 6.07) is 0.719. The van der Waals surface area contributed by atoms with Crippen molar-refractivity contribution in [3.63, 3.8) is 0 Å². The molecule has 10 heteroatoms. The average molecular weight is 476 g/mol. The Hall–Kier alpha value is -2.69. The fraction of sp³-hybridized carbons (Fsp3) is 0.300. The molecule has 1 fully saturated rings. The standard InChI is InChI=1S/C20H19BrFN5O3/c1-2-11(21)6-25-18(22)17-10-29-4-3-27(17)20(28)15-5-12-13-8-30-9-14(13)19(23)26-16(12)7-24-15/h2,5-7,17H,1,3-4,8-10H2,(H2,23,26)/b11-6+,25-18-/t17-/m1/s1. The Bertz CT molecular complexity index is 1090. The number of aromatic nitrogens is 2. The fourth-order valence-electron chi connectivity index (χ4n) is 3.44. The minimum atomic E-state index is -0.941. The topological polar surface area (TPSA) is 103 Å². The Morgan fingerprint density at radius 1 is 1.40 bits per heavy atom. The van der Waals surface area contributed by atoms with Gasteiger partial charge < -0.3 is 20.1 Å². The van der Waals surface area contributed by atoms with Crippen LogP contribution >= 0.6 is 15.9 Å². The van der Waals surface area contributed by atoms with Gasteiger partial charge >= 0.3 is 0 Å². The summed E-state index contributed by atoms with van der Waals surface area (Å²) in [5.41, 5.74) is 8.49. The zero-order valence-corrected chi connectivity index (χ0v) is 17.6. The zero-order valence-electron chi connectivity index (χ0n) is 16.0. The van der Waals surface area contributed by atoms with E-state index in [0.29, 0.717) is 35.6 Å². The van der Waals surface area contributed by atoms with E-state index in [0.717, 1.165) is 16.5 Å². The second-order valence-corrected chi connectivity index (χ2v) is 7.71. The van der Waals surface area contributed by atoms with Gasteiger partial charge in [-0.15, -0.1) is 0 Å². The molecule has 2 aliphatic heterocycles. The molecule has 0 aromatic carbocycles. The van der Waals surface area contributed by atoms with Crippen LogP contribution in [-0.4, -0.2) is 52.5 Å². The van der Waals surface area contributed by atoms with Crippen LogP contribution in [0.25, 0.3) is 10.9 Å². The molecule has 0 saturated carbocycles. The minimum absolute atomic E-state index is 0.00945. The number of amides is 1. The second kappa shape index (κ2) is 8.58. The van der Waals surface area contributed by atoms with Crippen molar-refractivity contribution in [3.05, 3.63) is 52.4 Å². The number of nitrogens with zero attached hydrogens (tertiary/aromatic N) is 4. The normalized spacial score (nSPS) is 19.8. The van der Waals surface area contributed by atoms with Crippen LogP contribution in [0, 0.1) is 0 Å². The summed E-state index contributed by atoms with van der Waals surface area (Å²) in [6.45, 7) is 4.87. The number of morpholine rings is 1. The van der Waals surface area contributed by atoms with Gasteiger partial charge in [0.15, 0.2) is 0 Å². The molecule has 1 saturated heterocycles. The number of nitrogen functional groups attached to an aromatic ring is 1. The molecular weight excluding hydrogens is 457 g/mol. The predicted octanol–water partition coefficient (Wildman–Crippen LogP) is 2.87. The lowest BCUT2D eigenvalue weighted by atomic mass is 10.1. The van der Waals surface area contributed by atoms with Gasteiger partial charge in [-0.05, 0) is 27.6 Å². The lowest BCUT2D eigenvalue weighted by Gasteiger charge is -2.33. The second-order valence-electron chi connectivity index (χ2n) is 6.79. The fourth-order valence-corrected chi connectivity index (χ4v) is 3.55. The number of hydrogen-bond acceptors (Lipinski definition) is 7. The molecule has 2 aromatic rings. The van der Waals surface area contributed by atoms with Crippen molar-refractivity contribution in [2.24, 2.45) is 4.99 Å². The van der Waals surface area contributed by atoms with E-state index in [1.165, 1.54) is 23.4 Å². The van der Waals surface area contributed by atoms with Crippen LogP contribution in [0.15, 0.2) is 40.6 Å². The van der Waals surface area contributed by atoms with Gasteiger partial charge in [0, 0.05) is 28.2 Å². The molecule has 1 atom stereocenters. The van der Waals surface area contributed by atoms with E-state index < -0.39 is 17.9 Å².